The van der Waals surface area contributed by atoms with Gasteiger partial charge >= 0.3 is 0 Å². The molecular weight excluding hydrogens is 308 g/mol. The zero-order chi connectivity index (χ0) is 14.4. The van der Waals surface area contributed by atoms with Gasteiger partial charge in [0.15, 0.2) is 0 Å². The summed E-state index contributed by atoms with van der Waals surface area (Å²) in [4.78, 5) is 15.3. The number of hydrogen-bond donors (Lipinski definition) is 1. The lowest BCUT2D eigenvalue weighted by Crippen LogP contribution is -2.52. The van der Waals surface area contributed by atoms with E-state index in [1.807, 2.05) is 36.1 Å². The van der Waals surface area contributed by atoms with Crippen LogP contribution in [0.4, 0.5) is 0 Å². The predicted octanol–water partition coefficient (Wildman–Crippen LogP) is 2.42. The van der Waals surface area contributed by atoms with Crippen LogP contribution in [0.3, 0.4) is 0 Å². The molecule has 0 aliphatic carbocycles. The third kappa shape index (κ3) is 5.41. The monoisotopic (exact) mass is 330 g/mol. The standard InChI is InChI=1S/C15H22N2O2S.ClH/c1-3-19-13-4-6-14(7-5-13)20-11-15(18)17-9-8-16-10-12(17)2;/h4-7,12,16H,3,8-11H2,1-2H3;1H. The molecule has 1 aromatic carbocycles. The van der Waals surface area contributed by atoms with Gasteiger partial charge in [0, 0.05) is 30.6 Å². The molecule has 0 aromatic heterocycles. The molecule has 0 radical (unpaired) electrons. The minimum atomic E-state index is 0. The van der Waals surface area contributed by atoms with Crippen LogP contribution in [0.5, 0.6) is 5.75 Å². The molecular formula is C15H23ClN2O2S. The fraction of sp³-hybridized carbons (Fsp3) is 0.533. The number of ether oxygens (including phenoxy) is 1. The number of piperazine rings is 1. The Kier molecular flexibility index (Phi) is 7.93. The summed E-state index contributed by atoms with van der Waals surface area (Å²) in [6.45, 7) is 7.32. The molecule has 1 aliphatic heterocycles. The number of hydrogen-bond acceptors (Lipinski definition) is 4. The molecule has 1 aliphatic rings. The quantitative estimate of drug-likeness (QED) is 0.842. The highest BCUT2D eigenvalue weighted by molar-refractivity contribution is 8.00. The van der Waals surface area contributed by atoms with Crippen molar-refractivity contribution < 1.29 is 9.53 Å². The number of carbonyl (C=O) groups excluding carboxylic acids is 1. The first kappa shape index (κ1) is 18.1. The van der Waals surface area contributed by atoms with Crippen LogP contribution in [-0.4, -0.2) is 48.8 Å². The van der Waals surface area contributed by atoms with Gasteiger partial charge in [0.25, 0.3) is 0 Å². The van der Waals surface area contributed by atoms with Crippen molar-refractivity contribution in [2.45, 2.75) is 24.8 Å². The maximum atomic E-state index is 12.2. The summed E-state index contributed by atoms with van der Waals surface area (Å²) in [5.74, 6) is 1.59. The second kappa shape index (κ2) is 9.18. The first-order valence-electron chi connectivity index (χ1n) is 7.06. The van der Waals surface area contributed by atoms with E-state index in [9.17, 15) is 4.79 Å². The Balaban J connectivity index is 0.00000220. The van der Waals surface area contributed by atoms with Crippen molar-refractivity contribution in [2.24, 2.45) is 0 Å². The van der Waals surface area contributed by atoms with E-state index in [0.29, 0.717) is 12.4 Å². The van der Waals surface area contributed by atoms with Crippen LogP contribution >= 0.6 is 24.2 Å². The second-order valence-corrected chi connectivity index (χ2v) is 5.88. The van der Waals surface area contributed by atoms with Gasteiger partial charge < -0.3 is 15.0 Å². The third-order valence-corrected chi connectivity index (χ3v) is 4.32. The highest BCUT2D eigenvalue weighted by Crippen LogP contribution is 2.22. The van der Waals surface area contributed by atoms with Crippen molar-refractivity contribution in [3.8, 4) is 5.75 Å². The highest BCUT2D eigenvalue weighted by Gasteiger charge is 2.22. The number of halogens is 1. The summed E-state index contributed by atoms with van der Waals surface area (Å²) in [6.07, 6.45) is 0. The molecule has 0 bridgehead atoms. The summed E-state index contributed by atoms with van der Waals surface area (Å²) < 4.78 is 5.40. The van der Waals surface area contributed by atoms with Crippen LogP contribution in [0.15, 0.2) is 29.2 Å². The molecule has 21 heavy (non-hydrogen) atoms. The topological polar surface area (TPSA) is 41.6 Å². The molecule has 1 heterocycles. The smallest absolute Gasteiger partial charge is 0.233 e. The van der Waals surface area contributed by atoms with Crippen molar-refractivity contribution >= 4 is 30.1 Å². The summed E-state index contributed by atoms with van der Waals surface area (Å²) in [7, 11) is 0. The van der Waals surface area contributed by atoms with Crippen LogP contribution in [0.1, 0.15) is 13.8 Å². The molecule has 1 fully saturated rings. The number of amides is 1. The lowest BCUT2D eigenvalue weighted by atomic mass is 10.2. The minimum absolute atomic E-state index is 0. The molecule has 2 rings (SSSR count). The van der Waals surface area contributed by atoms with Crippen molar-refractivity contribution in [1.82, 2.24) is 10.2 Å². The lowest BCUT2D eigenvalue weighted by Gasteiger charge is -2.33. The maximum absolute atomic E-state index is 12.2. The Bertz CT molecular complexity index is 442. The number of rotatable bonds is 5. The molecule has 4 nitrogen and oxygen atoms in total. The van der Waals surface area contributed by atoms with Gasteiger partial charge in [-0.1, -0.05) is 0 Å². The van der Waals surface area contributed by atoms with Crippen LogP contribution in [-0.2, 0) is 4.79 Å². The van der Waals surface area contributed by atoms with Crippen LogP contribution in [0, 0.1) is 0 Å². The van der Waals surface area contributed by atoms with Crippen molar-refractivity contribution in [3.05, 3.63) is 24.3 Å². The van der Waals surface area contributed by atoms with Gasteiger partial charge in [-0.05, 0) is 38.1 Å². The van der Waals surface area contributed by atoms with Gasteiger partial charge in [-0.15, -0.1) is 24.2 Å². The first-order chi connectivity index (χ1) is 9.70. The van der Waals surface area contributed by atoms with Gasteiger partial charge in [-0.25, -0.2) is 0 Å². The fourth-order valence-corrected chi connectivity index (χ4v) is 3.02. The van der Waals surface area contributed by atoms with E-state index in [0.717, 1.165) is 30.3 Å². The van der Waals surface area contributed by atoms with Crippen molar-refractivity contribution in [1.29, 1.82) is 0 Å². The number of carbonyl (C=O) groups is 1. The molecule has 118 valence electrons. The largest absolute Gasteiger partial charge is 0.494 e. The second-order valence-electron chi connectivity index (χ2n) is 4.83. The number of benzene rings is 1. The van der Waals surface area contributed by atoms with Gasteiger partial charge in [0.1, 0.15) is 5.75 Å². The Morgan fingerprint density at radius 3 is 2.76 bits per heavy atom. The summed E-state index contributed by atoms with van der Waals surface area (Å²) in [6, 6.07) is 8.19. The summed E-state index contributed by atoms with van der Waals surface area (Å²) in [5.41, 5.74) is 0. The number of thioether (sulfide) groups is 1. The van der Waals surface area contributed by atoms with E-state index in [1.54, 1.807) is 11.8 Å². The average Bonchev–Trinajstić information content (AvgIpc) is 2.47. The van der Waals surface area contributed by atoms with E-state index in [1.165, 1.54) is 0 Å². The van der Waals surface area contributed by atoms with Crippen molar-refractivity contribution in [3.63, 3.8) is 0 Å². The summed E-state index contributed by atoms with van der Waals surface area (Å²) in [5, 5.41) is 3.30. The molecule has 1 unspecified atom stereocenters. The molecule has 1 amide bonds. The van der Waals surface area contributed by atoms with Gasteiger partial charge in [-0.3, -0.25) is 4.79 Å². The minimum Gasteiger partial charge on any atom is -0.494 e. The third-order valence-electron chi connectivity index (χ3n) is 3.32. The molecule has 1 saturated heterocycles. The fourth-order valence-electron chi connectivity index (χ4n) is 2.24. The molecule has 1 N–H and O–H groups in total. The van der Waals surface area contributed by atoms with Crippen LogP contribution in [0.2, 0.25) is 0 Å². The Hall–Kier alpha value is -0.910. The van der Waals surface area contributed by atoms with Crippen LogP contribution < -0.4 is 10.1 Å². The Labute approximate surface area is 137 Å². The molecule has 1 aromatic rings. The van der Waals surface area contributed by atoms with Gasteiger partial charge in [-0.2, -0.15) is 0 Å². The Morgan fingerprint density at radius 2 is 2.14 bits per heavy atom. The van der Waals surface area contributed by atoms with E-state index in [-0.39, 0.29) is 24.4 Å². The zero-order valence-electron chi connectivity index (χ0n) is 12.5. The highest BCUT2D eigenvalue weighted by atomic mass is 35.5. The van der Waals surface area contributed by atoms with E-state index >= 15 is 0 Å². The molecule has 0 saturated carbocycles. The predicted molar refractivity (Wildman–Crippen MR) is 89.6 cm³/mol. The van der Waals surface area contributed by atoms with Gasteiger partial charge in [0.05, 0.1) is 12.4 Å². The van der Waals surface area contributed by atoms with Gasteiger partial charge in [0.2, 0.25) is 5.91 Å². The van der Waals surface area contributed by atoms with E-state index in [2.05, 4.69) is 12.2 Å². The summed E-state index contributed by atoms with van der Waals surface area (Å²) >= 11 is 1.58. The lowest BCUT2D eigenvalue weighted by molar-refractivity contribution is -0.131. The zero-order valence-corrected chi connectivity index (χ0v) is 14.1. The normalized spacial score (nSPS) is 18.0. The average molecular weight is 331 g/mol. The SMILES string of the molecule is CCOc1ccc(SCC(=O)N2CCNCC2C)cc1.Cl. The van der Waals surface area contributed by atoms with Crippen LogP contribution in [0.25, 0.3) is 0 Å². The Morgan fingerprint density at radius 1 is 1.43 bits per heavy atom. The van der Waals surface area contributed by atoms with Crippen molar-refractivity contribution in [2.75, 3.05) is 32.0 Å². The number of nitrogens with zero attached hydrogens (tertiary/aromatic N) is 1. The first-order valence-corrected chi connectivity index (χ1v) is 8.05. The molecule has 1 atom stereocenters. The maximum Gasteiger partial charge on any atom is 0.233 e. The number of nitrogens with one attached hydrogen (secondary N) is 1. The molecule has 6 heteroatoms. The molecule has 0 spiro atoms. The van der Waals surface area contributed by atoms with E-state index in [4.69, 9.17) is 4.74 Å². The van der Waals surface area contributed by atoms with E-state index < -0.39 is 0 Å².